The van der Waals surface area contributed by atoms with Crippen LogP contribution in [0.3, 0.4) is 0 Å². The summed E-state index contributed by atoms with van der Waals surface area (Å²) >= 11 is 0. The Morgan fingerprint density at radius 3 is 2.88 bits per heavy atom. The van der Waals surface area contributed by atoms with Gasteiger partial charge in [0.15, 0.2) is 5.82 Å². The molecule has 5 nitrogen and oxygen atoms in total. The highest BCUT2D eigenvalue weighted by Gasteiger charge is 2.37. The van der Waals surface area contributed by atoms with Gasteiger partial charge < -0.3 is 5.32 Å². The number of hydrogen-bond acceptors (Lipinski definition) is 4. The van der Waals surface area contributed by atoms with E-state index in [4.69, 9.17) is 0 Å². The van der Waals surface area contributed by atoms with Crippen LogP contribution in [0.2, 0.25) is 0 Å². The molecule has 0 bridgehead atoms. The molecule has 1 N–H and O–H groups in total. The third-order valence-electron chi connectivity index (χ3n) is 3.09. The maximum atomic E-state index is 4.14. The molecule has 2 aromatic rings. The third-order valence-corrected chi connectivity index (χ3v) is 3.09. The van der Waals surface area contributed by atoms with Gasteiger partial charge in [-0.3, -0.25) is 0 Å². The second-order valence-corrected chi connectivity index (χ2v) is 4.44. The number of nitrogens with zero attached hydrogens (tertiary/aromatic N) is 4. The smallest absolute Gasteiger partial charge is 0.188 e. The van der Waals surface area contributed by atoms with E-state index in [0.29, 0.717) is 18.5 Å². The minimum Gasteiger partial charge on any atom is -0.306 e. The molecule has 2 unspecified atom stereocenters. The summed E-state index contributed by atoms with van der Waals surface area (Å²) < 4.78 is 0. The van der Waals surface area contributed by atoms with E-state index in [1.807, 2.05) is 0 Å². The van der Waals surface area contributed by atoms with E-state index < -0.39 is 0 Å². The first-order valence-corrected chi connectivity index (χ1v) is 5.84. The Hall–Kier alpha value is -1.75. The van der Waals surface area contributed by atoms with Crippen molar-refractivity contribution in [3.63, 3.8) is 0 Å². The normalized spacial score (nSPS) is 22.6. The van der Waals surface area contributed by atoms with Gasteiger partial charge in [0.25, 0.3) is 0 Å². The largest absolute Gasteiger partial charge is 0.306 e. The number of hydrogen-bond donors (Lipinski definition) is 1. The van der Waals surface area contributed by atoms with E-state index in [1.165, 1.54) is 16.8 Å². The molecule has 0 amide bonds. The maximum Gasteiger partial charge on any atom is 0.188 e. The molecule has 1 aliphatic carbocycles. The molecule has 0 spiro atoms. The Morgan fingerprint density at radius 2 is 2.18 bits per heavy atom. The average molecular weight is 229 g/mol. The molecule has 17 heavy (non-hydrogen) atoms. The van der Waals surface area contributed by atoms with Crippen molar-refractivity contribution in [2.45, 2.75) is 24.9 Å². The molecule has 88 valence electrons. The first-order valence-electron chi connectivity index (χ1n) is 5.84. The Bertz CT molecular complexity index is 493. The summed E-state index contributed by atoms with van der Waals surface area (Å²) in [5, 5.41) is 15.4. The van der Waals surface area contributed by atoms with E-state index in [-0.39, 0.29) is 0 Å². The highest BCUT2D eigenvalue weighted by Crippen LogP contribution is 2.40. The van der Waals surface area contributed by atoms with Gasteiger partial charge in [-0.2, -0.15) is 4.80 Å². The van der Waals surface area contributed by atoms with Crippen LogP contribution in [0.15, 0.2) is 30.3 Å². The quantitative estimate of drug-likeness (QED) is 0.844. The van der Waals surface area contributed by atoms with E-state index >= 15 is 0 Å². The van der Waals surface area contributed by atoms with Gasteiger partial charge in [0, 0.05) is 12.0 Å². The topological polar surface area (TPSA) is 55.6 Å². The maximum absolute atomic E-state index is 4.14. The predicted molar refractivity (Wildman–Crippen MR) is 63.2 cm³/mol. The number of nitrogens with one attached hydrogen (secondary N) is 1. The Kier molecular flexibility index (Phi) is 2.60. The summed E-state index contributed by atoms with van der Waals surface area (Å²) in [6.07, 6.45) is 1.20. The number of tetrazole rings is 1. The van der Waals surface area contributed by atoms with Gasteiger partial charge >= 0.3 is 0 Å². The molecule has 3 rings (SSSR count). The van der Waals surface area contributed by atoms with Crippen molar-refractivity contribution in [2.75, 3.05) is 0 Å². The second kappa shape index (κ2) is 4.25. The monoisotopic (exact) mass is 229 g/mol. The molecule has 0 saturated heterocycles. The van der Waals surface area contributed by atoms with Crippen LogP contribution >= 0.6 is 0 Å². The van der Waals surface area contributed by atoms with E-state index in [9.17, 15) is 0 Å². The molecule has 1 aromatic heterocycles. The number of rotatable bonds is 4. The van der Waals surface area contributed by atoms with Crippen LogP contribution in [-0.4, -0.2) is 26.2 Å². The Morgan fingerprint density at radius 1 is 1.35 bits per heavy atom. The van der Waals surface area contributed by atoms with Crippen LogP contribution in [0, 0.1) is 0 Å². The van der Waals surface area contributed by atoms with Gasteiger partial charge in [0.1, 0.15) is 0 Å². The fourth-order valence-electron chi connectivity index (χ4n) is 2.11. The zero-order valence-electron chi connectivity index (χ0n) is 9.74. The summed E-state index contributed by atoms with van der Waals surface area (Å²) in [6.45, 7) is 0.696. The molecule has 1 saturated carbocycles. The molecule has 1 aliphatic rings. The van der Waals surface area contributed by atoms with E-state index in [0.717, 1.165) is 5.82 Å². The van der Waals surface area contributed by atoms with Gasteiger partial charge in [0.2, 0.25) is 0 Å². The van der Waals surface area contributed by atoms with Gasteiger partial charge in [-0.15, -0.1) is 10.2 Å². The number of aryl methyl sites for hydroxylation is 1. The third kappa shape index (κ3) is 2.34. The van der Waals surface area contributed by atoms with Crippen LogP contribution < -0.4 is 5.32 Å². The zero-order valence-corrected chi connectivity index (χ0v) is 9.74. The van der Waals surface area contributed by atoms with E-state index in [2.05, 4.69) is 51.1 Å². The fourth-order valence-corrected chi connectivity index (χ4v) is 2.11. The van der Waals surface area contributed by atoms with Crippen molar-refractivity contribution in [3.05, 3.63) is 41.7 Å². The molecular weight excluding hydrogens is 214 g/mol. The lowest BCUT2D eigenvalue weighted by molar-refractivity contribution is 0.616. The lowest BCUT2D eigenvalue weighted by atomic mass is 10.1. The average Bonchev–Trinajstić information content (AvgIpc) is 3.03. The predicted octanol–water partition coefficient (Wildman–Crippen LogP) is 0.856. The van der Waals surface area contributed by atoms with Crippen molar-refractivity contribution in [2.24, 2.45) is 7.05 Å². The minimum atomic E-state index is 0.557. The Labute approximate surface area is 99.8 Å². The van der Waals surface area contributed by atoms with Crippen LogP contribution in [0.5, 0.6) is 0 Å². The van der Waals surface area contributed by atoms with Gasteiger partial charge in [-0.25, -0.2) is 0 Å². The minimum absolute atomic E-state index is 0.557. The molecular formula is C12H15N5. The highest BCUT2D eigenvalue weighted by atomic mass is 15.6. The summed E-state index contributed by atoms with van der Waals surface area (Å²) in [5.41, 5.74) is 1.41. The number of benzene rings is 1. The second-order valence-electron chi connectivity index (χ2n) is 4.44. The molecule has 2 atom stereocenters. The number of aromatic nitrogens is 4. The summed E-state index contributed by atoms with van der Waals surface area (Å²) in [7, 11) is 1.78. The molecule has 1 fully saturated rings. The van der Waals surface area contributed by atoms with Crippen molar-refractivity contribution in [1.82, 2.24) is 25.5 Å². The van der Waals surface area contributed by atoms with Gasteiger partial charge in [0.05, 0.1) is 13.6 Å². The molecule has 5 heteroatoms. The van der Waals surface area contributed by atoms with Crippen LogP contribution in [0.25, 0.3) is 0 Å². The van der Waals surface area contributed by atoms with Crippen LogP contribution in [-0.2, 0) is 13.6 Å². The SMILES string of the molecule is Cn1nnc(CNC2CC2c2ccccc2)n1. The van der Waals surface area contributed by atoms with E-state index in [1.54, 1.807) is 7.05 Å². The molecule has 1 heterocycles. The van der Waals surface area contributed by atoms with Crippen molar-refractivity contribution >= 4 is 0 Å². The molecule has 0 radical (unpaired) electrons. The molecule has 1 aromatic carbocycles. The molecule has 0 aliphatic heterocycles. The summed E-state index contributed by atoms with van der Waals surface area (Å²) in [4.78, 5) is 1.48. The van der Waals surface area contributed by atoms with Crippen molar-refractivity contribution in [1.29, 1.82) is 0 Å². The highest BCUT2D eigenvalue weighted by molar-refractivity contribution is 5.27. The zero-order chi connectivity index (χ0) is 11.7. The standard InChI is InChI=1S/C12H15N5/c1-17-15-12(14-16-17)8-13-11-7-10(11)9-5-3-2-4-6-9/h2-6,10-11,13H,7-8H2,1H3. The van der Waals surface area contributed by atoms with Crippen molar-refractivity contribution in [3.8, 4) is 0 Å². The van der Waals surface area contributed by atoms with Crippen LogP contribution in [0.4, 0.5) is 0 Å². The lowest BCUT2D eigenvalue weighted by Crippen LogP contribution is -2.18. The first-order chi connectivity index (χ1) is 8.33. The van der Waals surface area contributed by atoms with Gasteiger partial charge in [-0.1, -0.05) is 30.3 Å². The van der Waals surface area contributed by atoms with Crippen LogP contribution in [0.1, 0.15) is 23.7 Å². The summed E-state index contributed by atoms with van der Waals surface area (Å²) in [5.74, 6) is 1.40. The lowest BCUT2D eigenvalue weighted by Gasteiger charge is -2.01. The fraction of sp³-hybridized carbons (Fsp3) is 0.417. The summed E-state index contributed by atoms with van der Waals surface area (Å²) in [6, 6.07) is 11.2. The Balaban J connectivity index is 1.53. The first kappa shape index (κ1) is 10.4. The van der Waals surface area contributed by atoms with Gasteiger partial charge in [-0.05, 0) is 17.2 Å². The van der Waals surface area contributed by atoms with Crippen molar-refractivity contribution < 1.29 is 0 Å².